The van der Waals surface area contributed by atoms with Crippen molar-refractivity contribution >= 4 is 5.91 Å². The lowest BCUT2D eigenvalue weighted by Gasteiger charge is -2.19. The number of hydrogen-bond donors (Lipinski definition) is 0. The van der Waals surface area contributed by atoms with E-state index in [1.54, 1.807) is 4.90 Å². The number of hydrogen-bond acceptors (Lipinski definition) is 1. The summed E-state index contributed by atoms with van der Waals surface area (Å²) in [6.07, 6.45) is 0. The fourth-order valence-electron chi connectivity index (χ4n) is 2.27. The molecular formula is C17H19NO. The first-order valence-corrected chi connectivity index (χ1v) is 6.45. The minimum Gasteiger partial charge on any atom is -0.337 e. The Morgan fingerprint density at radius 3 is 2.11 bits per heavy atom. The Bertz CT molecular complexity index is 555. The Hall–Kier alpha value is -2.09. The summed E-state index contributed by atoms with van der Waals surface area (Å²) in [7, 11) is 1.85. The van der Waals surface area contributed by atoms with Gasteiger partial charge in [0.25, 0.3) is 5.91 Å². The highest BCUT2D eigenvalue weighted by Gasteiger charge is 2.16. The van der Waals surface area contributed by atoms with Crippen LogP contribution in [0.15, 0.2) is 48.5 Å². The van der Waals surface area contributed by atoms with Gasteiger partial charge in [-0.2, -0.15) is 0 Å². The molecule has 0 bridgehead atoms. The summed E-state index contributed by atoms with van der Waals surface area (Å²) >= 11 is 0. The van der Waals surface area contributed by atoms with Gasteiger partial charge in [0, 0.05) is 19.2 Å². The Kier molecular flexibility index (Phi) is 4.00. The lowest BCUT2D eigenvalue weighted by Crippen LogP contribution is -2.27. The van der Waals surface area contributed by atoms with Crippen LogP contribution in [0.3, 0.4) is 0 Å². The number of nitrogens with zero attached hydrogens (tertiary/aromatic N) is 1. The van der Waals surface area contributed by atoms with E-state index in [4.69, 9.17) is 0 Å². The van der Waals surface area contributed by atoms with Gasteiger partial charge in [-0.15, -0.1) is 0 Å². The predicted molar refractivity (Wildman–Crippen MR) is 78.2 cm³/mol. The van der Waals surface area contributed by atoms with Crippen LogP contribution in [0.5, 0.6) is 0 Å². The van der Waals surface area contributed by atoms with E-state index in [1.807, 2.05) is 69.4 Å². The van der Waals surface area contributed by atoms with E-state index >= 15 is 0 Å². The molecule has 0 atom stereocenters. The Balaban J connectivity index is 2.20. The third-order valence-electron chi connectivity index (χ3n) is 3.30. The van der Waals surface area contributed by atoms with Gasteiger partial charge in [0.05, 0.1) is 0 Å². The van der Waals surface area contributed by atoms with Crippen molar-refractivity contribution in [3.8, 4) is 0 Å². The molecule has 0 spiro atoms. The highest BCUT2D eigenvalue weighted by Crippen LogP contribution is 2.16. The molecule has 0 N–H and O–H groups in total. The molecule has 0 aliphatic heterocycles. The molecule has 0 unspecified atom stereocenters. The molecule has 2 rings (SSSR count). The quantitative estimate of drug-likeness (QED) is 0.818. The van der Waals surface area contributed by atoms with E-state index in [9.17, 15) is 4.79 Å². The van der Waals surface area contributed by atoms with Crippen molar-refractivity contribution < 1.29 is 4.79 Å². The Morgan fingerprint density at radius 1 is 0.947 bits per heavy atom. The van der Waals surface area contributed by atoms with Gasteiger partial charge in [-0.05, 0) is 30.5 Å². The van der Waals surface area contributed by atoms with Gasteiger partial charge in [0.2, 0.25) is 0 Å². The van der Waals surface area contributed by atoms with Gasteiger partial charge in [-0.1, -0.05) is 48.5 Å². The summed E-state index contributed by atoms with van der Waals surface area (Å²) < 4.78 is 0. The van der Waals surface area contributed by atoms with Crippen LogP contribution >= 0.6 is 0 Å². The maximum absolute atomic E-state index is 12.5. The average molecular weight is 253 g/mol. The summed E-state index contributed by atoms with van der Waals surface area (Å²) in [6.45, 7) is 4.60. The first-order chi connectivity index (χ1) is 9.09. The maximum Gasteiger partial charge on any atom is 0.254 e. The molecule has 2 heteroatoms. The van der Waals surface area contributed by atoms with Crippen molar-refractivity contribution in [2.24, 2.45) is 0 Å². The second-order valence-corrected chi connectivity index (χ2v) is 4.91. The summed E-state index contributed by atoms with van der Waals surface area (Å²) in [5.74, 6) is 0.0828. The molecule has 2 aromatic carbocycles. The van der Waals surface area contributed by atoms with E-state index < -0.39 is 0 Å². The Morgan fingerprint density at radius 2 is 1.53 bits per heavy atom. The van der Waals surface area contributed by atoms with E-state index in [1.165, 1.54) is 0 Å². The predicted octanol–water partition coefficient (Wildman–Crippen LogP) is 3.58. The number of aryl methyl sites for hydroxylation is 2. The highest BCUT2D eigenvalue weighted by atomic mass is 16.2. The van der Waals surface area contributed by atoms with Crippen molar-refractivity contribution in [2.75, 3.05) is 7.05 Å². The van der Waals surface area contributed by atoms with E-state index in [2.05, 4.69) is 0 Å². The lowest BCUT2D eigenvalue weighted by atomic mass is 10.0. The van der Waals surface area contributed by atoms with Gasteiger partial charge in [-0.25, -0.2) is 0 Å². The van der Waals surface area contributed by atoms with Crippen LogP contribution in [0, 0.1) is 13.8 Å². The SMILES string of the molecule is Cc1cccc(C)c1C(=O)N(C)Cc1ccccc1. The second-order valence-electron chi connectivity index (χ2n) is 4.91. The van der Waals surface area contributed by atoms with Crippen LogP contribution in [-0.4, -0.2) is 17.9 Å². The van der Waals surface area contributed by atoms with Gasteiger partial charge in [0.15, 0.2) is 0 Å². The summed E-state index contributed by atoms with van der Waals surface area (Å²) in [4.78, 5) is 14.3. The third kappa shape index (κ3) is 3.02. The molecule has 0 saturated carbocycles. The lowest BCUT2D eigenvalue weighted by molar-refractivity contribution is 0.0783. The fraction of sp³-hybridized carbons (Fsp3) is 0.235. The van der Waals surface area contributed by atoms with E-state index in [-0.39, 0.29) is 5.91 Å². The van der Waals surface area contributed by atoms with Crippen LogP contribution in [0.4, 0.5) is 0 Å². The summed E-state index contributed by atoms with van der Waals surface area (Å²) in [6, 6.07) is 16.0. The zero-order valence-corrected chi connectivity index (χ0v) is 11.7. The van der Waals surface area contributed by atoms with Crippen molar-refractivity contribution in [1.82, 2.24) is 4.90 Å². The summed E-state index contributed by atoms with van der Waals surface area (Å²) in [5, 5.41) is 0. The first-order valence-electron chi connectivity index (χ1n) is 6.45. The number of carbonyl (C=O) groups is 1. The van der Waals surface area contributed by atoms with Gasteiger partial charge in [0.1, 0.15) is 0 Å². The zero-order chi connectivity index (χ0) is 13.8. The van der Waals surface area contributed by atoms with Crippen LogP contribution in [-0.2, 0) is 6.54 Å². The standard InChI is InChI=1S/C17H19NO/c1-13-8-7-9-14(2)16(13)17(19)18(3)12-15-10-5-4-6-11-15/h4-11H,12H2,1-3H3. The largest absolute Gasteiger partial charge is 0.337 e. The molecule has 19 heavy (non-hydrogen) atoms. The van der Waals surface area contributed by atoms with Crippen molar-refractivity contribution in [2.45, 2.75) is 20.4 Å². The molecule has 0 aliphatic carbocycles. The number of carbonyl (C=O) groups excluding carboxylic acids is 1. The normalized spacial score (nSPS) is 10.3. The zero-order valence-electron chi connectivity index (χ0n) is 11.7. The topological polar surface area (TPSA) is 20.3 Å². The summed E-state index contributed by atoms with van der Waals surface area (Å²) in [5.41, 5.74) is 4.03. The molecule has 2 aromatic rings. The maximum atomic E-state index is 12.5. The third-order valence-corrected chi connectivity index (χ3v) is 3.30. The molecule has 0 fully saturated rings. The van der Waals surface area contributed by atoms with Crippen LogP contribution in [0.25, 0.3) is 0 Å². The van der Waals surface area contributed by atoms with Crippen LogP contribution in [0.2, 0.25) is 0 Å². The van der Waals surface area contributed by atoms with Crippen LogP contribution in [0.1, 0.15) is 27.0 Å². The molecule has 98 valence electrons. The minimum absolute atomic E-state index is 0.0828. The minimum atomic E-state index is 0.0828. The smallest absolute Gasteiger partial charge is 0.254 e. The average Bonchev–Trinajstić information content (AvgIpc) is 2.39. The van der Waals surface area contributed by atoms with Crippen molar-refractivity contribution in [3.05, 3.63) is 70.8 Å². The molecule has 0 saturated heterocycles. The number of rotatable bonds is 3. The molecule has 0 heterocycles. The van der Waals surface area contributed by atoms with Gasteiger partial charge in [-0.3, -0.25) is 4.79 Å². The first kappa shape index (κ1) is 13.3. The molecule has 0 aromatic heterocycles. The van der Waals surface area contributed by atoms with Gasteiger partial charge < -0.3 is 4.90 Å². The monoisotopic (exact) mass is 253 g/mol. The molecule has 1 amide bonds. The van der Waals surface area contributed by atoms with Crippen molar-refractivity contribution in [1.29, 1.82) is 0 Å². The van der Waals surface area contributed by atoms with E-state index in [0.717, 1.165) is 22.3 Å². The Labute approximate surface area is 114 Å². The number of benzene rings is 2. The van der Waals surface area contributed by atoms with Crippen LogP contribution < -0.4 is 0 Å². The van der Waals surface area contributed by atoms with Gasteiger partial charge >= 0.3 is 0 Å². The molecule has 0 aliphatic rings. The van der Waals surface area contributed by atoms with E-state index in [0.29, 0.717) is 6.54 Å². The second kappa shape index (κ2) is 5.70. The molecular weight excluding hydrogens is 234 g/mol. The highest BCUT2D eigenvalue weighted by molar-refractivity contribution is 5.96. The molecule has 0 radical (unpaired) electrons. The number of amides is 1. The fourth-order valence-corrected chi connectivity index (χ4v) is 2.27. The van der Waals surface area contributed by atoms with Crippen molar-refractivity contribution in [3.63, 3.8) is 0 Å². The molecule has 2 nitrogen and oxygen atoms in total.